The molecule has 1 fully saturated rings. The van der Waals surface area contributed by atoms with Gasteiger partial charge in [-0.05, 0) is 57.2 Å². The number of aliphatic hydroxyl groups excluding tert-OH is 1. The van der Waals surface area contributed by atoms with Crippen LogP contribution < -0.4 is 10.6 Å². The van der Waals surface area contributed by atoms with Crippen LogP contribution in [0, 0.1) is 0 Å². The molecule has 3 N–H and O–H groups in total. The highest BCUT2D eigenvalue weighted by molar-refractivity contribution is 5.93. The number of aliphatic hydroxyl groups is 1. The average molecular weight is 490 g/mol. The monoisotopic (exact) mass is 489 g/mol. The molecule has 0 aromatic heterocycles. The average Bonchev–Trinajstić information content (AvgIpc) is 2.77. The Labute approximate surface area is 205 Å². The lowest BCUT2D eigenvalue weighted by molar-refractivity contribution is -0.149. The van der Waals surface area contributed by atoms with Gasteiger partial charge in [-0.1, -0.05) is 30.9 Å². The molecule has 2 unspecified atom stereocenters. The number of ether oxygens (including phenoxy) is 2. The summed E-state index contributed by atoms with van der Waals surface area (Å²) >= 11 is 0. The molecule has 1 aromatic carbocycles. The first-order valence-corrected chi connectivity index (χ1v) is 11.5. The van der Waals surface area contributed by atoms with Gasteiger partial charge in [0.05, 0.1) is 13.7 Å². The number of hydrogen-bond acceptors (Lipinski definition) is 7. The Morgan fingerprint density at radius 2 is 1.94 bits per heavy atom. The van der Waals surface area contributed by atoms with E-state index in [2.05, 4.69) is 21.9 Å². The third kappa shape index (κ3) is 7.81. The summed E-state index contributed by atoms with van der Waals surface area (Å²) in [5.41, 5.74) is 0.432. The molecule has 1 aliphatic carbocycles. The van der Waals surface area contributed by atoms with Crippen LogP contribution in [0.3, 0.4) is 0 Å². The van der Waals surface area contributed by atoms with Crippen molar-refractivity contribution in [3.8, 4) is 0 Å². The Bertz CT molecular complexity index is 937. The standard InChI is InChI=1S/C25H35N3O7/c1-6-16-9-7-10-17(13-16)21(22(31)26-14-20(30)34-5)28(18-11-8-12-18)23(32)19(15-29)27-24(33)35-25(2,3)4/h6-7,9-10,13,18-19,21,29H,1,8,11-12,14-15H2,2-5H3,(H,26,31)(H,27,33). The lowest BCUT2D eigenvalue weighted by Crippen LogP contribution is -2.58. The maximum Gasteiger partial charge on any atom is 0.408 e. The van der Waals surface area contributed by atoms with Crippen molar-refractivity contribution in [2.45, 2.75) is 63.8 Å². The summed E-state index contributed by atoms with van der Waals surface area (Å²) in [6.45, 7) is 7.72. The summed E-state index contributed by atoms with van der Waals surface area (Å²) in [6, 6.07) is 4.22. The molecule has 10 heteroatoms. The molecule has 1 aliphatic rings. The number of amides is 3. The van der Waals surface area contributed by atoms with E-state index in [1.165, 1.54) is 12.0 Å². The first-order valence-electron chi connectivity index (χ1n) is 11.5. The van der Waals surface area contributed by atoms with Crippen molar-refractivity contribution >= 4 is 30.0 Å². The van der Waals surface area contributed by atoms with Crippen molar-refractivity contribution in [3.63, 3.8) is 0 Å². The highest BCUT2D eigenvalue weighted by Crippen LogP contribution is 2.34. The summed E-state index contributed by atoms with van der Waals surface area (Å²) in [5, 5.41) is 14.9. The molecule has 35 heavy (non-hydrogen) atoms. The van der Waals surface area contributed by atoms with Crippen LogP contribution in [-0.4, -0.2) is 71.8 Å². The molecule has 192 valence electrons. The van der Waals surface area contributed by atoms with Crippen LogP contribution in [0.15, 0.2) is 30.8 Å². The highest BCUT2D eigenvalue weighted by Gasteiger charge is 2.42. The smallest absolute Gasteiger partial charge is 0.408 e. The van der Waals surface area contributed by atoms with E-state index in [-0.39, 0.29) is 12.6 Å². The zero-order valence-corrected chi connectivity index (χ0v) is 20.7. The van der Waals surface area contributed by atoms with Gasteiger partial charge >= 0.3 is 12.1 Å². The predicted octanol–water partition coefficient (Wildman–Crippen LogP) is 1.93. The lowest BCUT2D eigenvalue weighted by atomic mass is 9.88. The first-order chi connectivity index (χ1) is 16.5. The highest BCUT2D eigenvalue weighted by atomic mass is 16.6. The summed E-state index contributed by atoms with van der Waals surface area (Å²) in [5.74, 6) is -1.87. The van der Waals surface area contributed by atoms with Crippen LogP contribution in [-0.2, 0) is 23.9 Å². The zero-order valence-electron chi connectivity index (χ0n) is 20.7. The van der Waals surface area contributed by atoms with Gasteiger partial charge in [0.2, 0.25) is 11.8 Å². The third-order valence-corrected chi connectivity index (χ3v) is 5.52. The van der Waals surface area contributed by atoms with Crippen LogP contribution in [0.25, 0.3) is 6.08 Å². The molecule has 0 saturated heterocycles. The van der Waals surface area contributed by atoms with Gasteiger partial charge in [0.25, 0.3) is 0 Å². The van der Waals surface area contributed by atoms with Gasteiger partial charge in [-0.15, -0.1) is 0 Å². The largest absolute Gasteiger partial charge is 0.468 e. The Balaban J connectivity index is 2.44. The van der Waals surface area contributed by atoms with Gasteiger partial charge in [-0.25, -0.2) is 4.79 Å². The summed E-state index contributed by atoms with van der Waals surface area (Å²) in [4.78, 5) is 52.4. The Hall–Kier alpha value is -3.40. The van der Waals surface area contributed by atoms with E-state index in [9.17, 15) is 24.3 Å². The SMILES string of the molecule is C=Cc1cccc(C(C(=O)NCC(=O)OC)N(C(=O)C(CO)NC(=O)OC(C)(C)C)C2CCC2)c1. The van der Waals surface area contributed by atoms with E-state index in [0.29, 0.717) is 18.4 Å². The number of rotatable bonds is 10. The minimum absolute atomic E-state index is 0.293. The molecule has 0 bridgehead atoms. The van der Waals surface area contributed by atoms with E-state index in [1.807, 2.05) is 0 Å². The van der Waals surface area contributed by atoms with E-state index < -0.39 is 48.2 Å². The molecule has 0 spiro atoms. The molecular weight excluding hydrogens is 454 g/mol. The van der Waals surface area contributed by atoms with E-state index >= 15 is 0 Å². The number of carbonyl (C=O) groups excluding carboxylic acids is 4. The minimum Gasteiger partial charge on any atom is -0.468 e. The number of nitrogens with one attached hydrogen (secondary N) is 2. The molecule has 1 saturated carbocycles. The van der Waals surface area contributed by atoms with Gasteiger partial charge in [0, 0.05) is 6.04 Å². The van der Waals surface area contributed by atoms with Gasteiger partial charge < -0.3 is 30.1 Å². The maximum absolute atomic E-state index is 13.7. The second-order valence-electron chi connectivity index (χ2n) is 9.28. The van der Waals surface area contributed by atoms with Crippen LogP contribution >= 0.6 is 0 Å². The van der Waals surface area contributed by atoms with Gasteiger partial charge in [0.1, 0.15) is 24.2 Å². The number of hydrogen-bond donors (Lipinski definition) is 3. The quantitative estimate of drug-likeness (QED) is 0.428. The molecule has 0 aliphatic heterocycles. The van der Waals surface area contributed by atoms with Gasteiger partial charge in [0.15, 0.2) is 0 Å². The molecule has 2 atom stereocenters. The summed E-state index contributed by atoms with van der Waals surface area (Å²) in [6.07, 6.45) is 2.92. The molecule has 0 radical (unpaired) electrons. The van der Waals surface area contributed by atoms with Crippen molar-refractivity contribution < 1.29 is 33.8 Å². The molecule has 2 rings (SSSR count). The molecule has 0 heterocycles. The number of carbonyl (C=O) groups is 4. The lowest BCUT2D eigenvalue weighted by Gasteiger charge is -2.43. The number of nitrogens with zero attached hydrogens (tertiary/aromatic N) is 1. The summed E-state index contributed by atoms with van der Waals surface area (Å²) < 4.78 is 9.83. The van der Waals surface area contributed by atoms with Crippen LogP contribution in [0.5, 0.6) is 0 Å². The maximum atomic E-state index is 13.7. The minimum atomic E-state index is -1.33. The van der Waals surface area contributed by atoms with Crippen molar-refractivity contribution in [2.75, 3.05) is 20.3 Å². The van der Waals surface area contributed by atoms with Crippen LogP contribution in [0.2, 0.25) is 0 Å². The van der Waals surface area contributed by atoms with E-state index in [0.717, 1.165) is 12.0 Å². The Morgan fingerprint density at radius 1 is 1.26 bits per heavy atom. The molecular formula is C25H35N3O7. The fraction of sp³-hybridized carbons (Fsp3) is 0.520. The third-order valence-electron chi connectivity index (χ3n) is 5.52. The molecule has 10 nitrogen and oxygen atoms in total. The Morgan fingerprint density at radius 3 is 2.46 bits per heavy atom. The van der Waals surface area contributed by atoms with E-state index in [4.69, 9.17) is 4.74 Å². The number of alkyl carbamates (subject to hydrolysis) is 1. The second kappa shape index (κ2) is 12.3. The zero-order chi connectivity index (χ0) is 26.2. The first kappa shape index (κ1) is 27.8. The summed E-state index contributed by atoms with van der Waals surface area (Å²) in [7, 11) is 1.21. The number of benzene rings is 1. The molecule has 1 aromatic rings. The van der Waals surface area contributed by atoms with Crippen molar-refractivity contribution in [1.29, 1.82) is 0 Å². The molecule has 3 amide bonds. The fourth-order valence-electron chi connectivity index (χ4n) is 3.62. The van der Waals surface area contributed by atoms with Crippen molar-refractivity contribution in [1.82, 2.24) is 15.5 Å². The van der Waals surface area contributed by atoms with E-state index in [1.54, 1.807) is 51.1 Å². The normalized spacial score (nSPS) is 15.1. The topological polar surface area (TPSA) is 134 Å². The number of esters is 1. The van der Waals surface area contributed by atoms with Gasteiger partial charge in [-0.3, -0.25) is 14.4 Å². The van der Waals surface area contributed by atoms with Crippen LogP contribution in [0.4, 0.5) is 4.79 Å². The Kier molecular flexibility index (Phi) is 9.82. The van der Waals surface area contributed by atoms with Crippen molar-refractivity contribution in [3.05, 3.63) is 42.0 Å². The van der Waals surface area contributed by atoms with Crippen LogP contribution in [0.1, 0.15) is 57.2 Å². The number of methoxy groups -OCH3 is 1. The van der Waals surface area contributed by atoms with Crippen molar-refractivity contribution in [2.24, 2.45) is 0 Å². The predicted molar refractivity (Wildman–Crippen MR) is 129 cm³/mol. The second-order valence-corrected chi connectivity index (χ2v) is 9.28. The fourth-order valence-corrected chi connectivity index (χ4v) is 3.62. The van der Waals surface area contributed by atoms with Gasteiger partial charge in [-0.2, -0.15) is 0 Å².